The van der Waals surface area contributed by atoms with Crippen LogP contribution in [0.25, 0.3) is 0 Å². The third-order valence-corrected chi connectivity index (χ3v) is 8.25. The number of rotatable bonds is 8. The summed E-state index contributed by atoms with van der Waals surface area (Å²) in [5, 5.41) is 13.0. The lowest BCUT2D eigenvalue weighted by molar-refractivity contribution is -0.138. The van der Waals surface area contributed by atoms with Crippen molar-refractivity contribution in [3.05, 3.63) is 52.5 Å². The number of hydrogen-bond acceptors (Lipinski definition) is 5. The summed E-state index contributed by atoms with van der Waals surface area (Å²) in [6.07, 6.45) is 12.5. The third-order valence-electron chi connectivity index (χ3n) is 8.25. The van der Waals surface area contributed by atoms with Crippen molar-refractivity contribution in [1.29, 1.82) is 0 Å². The molecule has 7 heteroatoms. The number of aryl methyl sites for hydroxylation is 4. The number of anilines is 1. The molecule has 2 aliphatic heterocycles. The molecule has 2 N–H and O–H groups in total. The Kier molecular flexibility index (Phi) is 7.83. The van der Waals surface area contributed by atoms with Crippen molar-refractivity contribution in [2.45, 2.75) is 83.0 Å². The summed E-state index contributed by atoms with van der Waals surface area (Å²) >= 11 is 0. The van der Waals surface area contributed by atoms with E-state index in [9.17, 15) is 14.7 Å². The van der Waals surface area contributed by atoms with Crippen molar-refractivity contribution in [1.82, 2.24) is 14.9 Å². The second-order valence-corrected chi connectivity index (χ2v) is 10.7. The zero-order valence-electron chi connectivity index (χ0n) is 21.2. The minimum Gasteiger partial charge on any atom is -0.481 e. The number of likely N-dealkylation sites (tertiary alicyclic amines) is 1. The minimum absolute atomic E-state index is 0.0387. The Morgan fingerprint density at radius 2 is 1.89 bits per heavy atom. The van der Waals surface area contributed by atoms with Gasteiger partial charge in [0.25, 0.3) is 0 Å². The molecule has 5 rings (SSSR count). The number of hydrogen-bond donors (Lipinski definition) is 2. The molecule has 36 heavy (non-hydrogen) atoms. The molecule has 1 fully saturated rings. The number of carboxylic acid groups (broad SMARTS) is 1. The zero-order valence-corrected chi connectivity index (χ0v) is 21.2. The maximum Gasteiger partial charge on any atom is 0.303 e. The SMILES string of the molecule is O=C(O)CC(c1cnc2c(c1)CCCC2)C1CCN(C(=O)CCCc2ccc3c(n2)NCCC3)CC1. The number of piperidine rings is 1. The van der Waals surface area contributed by atoms with E-state index in [2.05, 4.69) is 23.5 Å². The molecule has 1 unspecified atom stereocenters. The van der Waals surface area contributed by atoms with Gasteiger partial charge in [-0.2, -0.15) is 0 Å². The normalized spacial score (nSPS) is 18.6. The molecule has 7 nitrogen and oxygen atoms in total. The number of pyridine rings is 2. The molecule has 1 atom stereocenters. The number of carbonyl (C=O) groups excluding carboxylic acids is 1. The molecule has 0 radical (unpaired) electrons. The van der Waals surface area contributed by atoms with Crippen molar-refractivity contribution in [2.75, 3.05) is 25.0 Å². The first-order valence-corrected chi connectivity index (χ1v) is 13.8. The summed E-state index contributed by atoms with van der Waals surface area (Å²) in [5.41, 5.74) is 5.88. The molecule has 1 saturated heterocycles. The van der Waals surface area contributed by atoms with Gasteiger partial charge in [-0.05, 0) is 98.8 Å². The summed E-state index contributed by atoms with van der Waals surface area (Å²) in [7, 11) is 0. The molecule has 0 spiro atoms. The van der Waals surface area contributed by atoms with Crippen LogP contribution in [0.3, 0.4) is 0 Å². The fourth-order valence-corrected chi connectivity index (χ4v) is 6.19. The van der Waals surface area contributed by atoms with Crippen LogP contribution < -0.4 is 5.32 Å². The molecule has 192 valence electrons. The Morgan fingerprint density at radius 1 is 1.08 bits per heavy atom. The number of aliphatic carboxylic acids is 1. The predicted molar refractivity (Wildman–Crippen MR) is 139 cm³/mol. The van der Waals surface area contributed by atoms with Crippen LogP contribution in [-0.4, -0.2) is 51.5 Å². The van der Waals surface area contributed by atoms with Gasteiger partial charge in [0.05, 0.1) is 6.42 Å². The fraction of sp³-hybridized carbons (Fsp3) is 0.586. The smallest absolute Gasteiger partial charge is 0.303 e. The van der Waals surface area contributed by atoms with Crippen molar-refractivity contribution >= 4 is 17.7 Å². The molecule has 1 amide bonds. The quantitative estimate of drug-likeness (QED) is 0.564. The number of carbonyl (C=O) groups is 2. The summed E-state index contributed by atoms with van der Waals surface area (Å²) in [6, 6.07) is 6.49. The van der Waals surface area contributed by atoms with E-state index >= 15 is 0 Å². The van der Waals surface area contributed by atoms with E-state index in [1.54, 1.807) is 0 Å². The molecule has 4 heterocycles. The zero-order chi connectivity index (χ0) is 24.9. The maximum atomic E-state index is 12.9. The van der Waals surface area contributed by atoms with Crippen LogP contribution in [0, 0.1) is 5.92 Å². The van der Waals surface area contributed by atoms with Gasteiger partial charge in [0.15, 0.2) is 0 Å². The highest BCUT2D eigenvalue weighted by molar-refractivity contribution is 5.76. The van der Waals surface area contributed by atoms with Gasteiger partial charge in [-0.3, -0.25) is 14.6 Å². The summed E-state index contributed by atoms with van der Waals surface area (Å²) in [6.45, 7) is 2.40. The van der Waals surface area contributed by atoms with Crippen molar-refractivity contribution in [2.24, 2.45) is 5.92 Å². The van der Waals surface area contributed by atoms with Gasteiger partial charge in [-0.25, -0.2) is 4.98 Å². The topological polar surface area (TPSA) is 95.4 Å². The van der Waals surface area contributed by atoms with E-state index < -0.39 is 5.97 Å². The number of nitrogens with zero attached hydrogens (tertiary/aromatic N) is 3. The molecular weight excluding hydrogens is 452 g/mol. The van der Waals surface area contributed by atoms with Crippen molar-refractivity contribution in [3.8, 4) is 0 Å². The van der Waals surface area contributed by atoms with Crippen molar-refractivity contribution in [3.63, 3.8) is 0 Å². The van der Waals surface area contributed by atoms with E-state index in [-0.39, 0.29) is 24.2 Å². The lowest BCUT2D eigenvalue weighted by Gasteiger charge is -2.36. The number of nitrogens with one attached hydrogen (secondary N) is 1. The number of carboxylic acids is 1. The Hall–Kier alpha value is -2.96. The predicted octanol–water partition coefficient (Wildman–Crippen LogP) is 4.53. The molecule has 0 bridgehead atoms. The van der Waals surface area contributed by atoms with Gasteiger partial charge in [0.1, 0.15) is 5.82 Å². The first kappa shape index (κ1) is 24.7. The van der Waals surface area contributed by atoms with E-state index in [1.165, 1.54) is 29.7 Å². The van der Waals surface area contributed by atoms with Crippen LogP contribution >= 0.6 is 0 Å². The Bertz CT molecular complexity index is 1090. The van der Waals surface area contributed by atoms with Crippen LogP contribution in [0.15, 0.2) is 24.4 Å². The third kappa shape index (κ3) is 5.88. The maximum absolute atomic E-state index is 12.9. The number of aromatic nitrogens is 2. The van der Waals surface area contributed by atoms with Gasteiger partial charge in [0.2, 0.25) is 5.91 Å². The number of amides is 1. The second-order valence-electron chi connectivity index (χ2n) is 10.7. The molecule has 1 aliphatic carbocycles. The molecular formula is C29H38N4O3. The van der Waals surface area contributed by atoms with Crippen LogP contribution in [0.4, 0.5) is 5.82 Å². The molecule has 0 saturated carbocycles. The largest absolute Gasteiger partial charge is 0.481 e. The summed E-state index contributed by atoms with van der Waals surface area (Å²) in [5.74, 6) is 0.679. The van der Waals surface area contributed by atoms with E-state index in [4.69, 9.17) is 9.97 Å². The highest BCUT2D eigenvalue weighted by Gasteiger charge is 2.31. The molecule has 0 aromatic carbocycles. The standard InChI is InChI=1S/C29H38N4O3/c34-27(9-3-7-24-11-10-21-6-4-14-30-29(21)32-24)33-15-12-20(13-16-33)25(18-28(35)36)23-17-22-5-1-2-8-26(22)31-19-23/h10-11,17,19-20,25H,1-9,12-16,18H2,(H,30,32)(H,35,36). The monoisotopic (exact) mass is 490 g/mol. The second kappa shape index (κ2) is 11.4. The Balaban J connectivity index is 1.13. The van der Waals surface area contributed by atoms with E-state index in [1.807, 2.05) is 11.1 Å². The lowest BCUT2D eigenvalue weighted by Crippen LogP contribution is -2.40. The highest BCUT2D eigenvalue weighted by atomic mass is 16.4. The summed E-state index contributed by atoms with van der Waals surface area (Å²) < 4.78 is 0. The van der Waals surface area contributed by atoms with Crippen LogP contribution in [0.1, 0.15) is 85.4 Å². The van der Waals surface area contributed by atoms with E-state index in [0.29, 0.717) is 19.5 Å². The number of fused-ring (bicyclic) bond motifs is 2. The van der Waals surface area contributed by atoms with Gasteiger partial charge in [-0.1, -0.05) is 12.1 Å². The summed E-state index contributed by atoms with van der Waals surface area (Å²) in [4.78, 5) is 36.0. The van der Waals surface area contributed by atoms with Crippen LogP contribution in [-0.2, 0) is 35.3 Å². The molecule has 2 aromatic rings. The van der Waals surface area contributed by atoms with Crippen LogP contribution in [0.2, 0.25) is 0 Å². The fourth-order valence-electron chi connectivity index (χ4n) is 6.19. The minimum atomic E-state index is -0.762. The highest BCUT2D eigenvalue weighted by Crippen LogP contribution is 2.36. The van der Waals surface area contributed by atoms with Gasteiger partial charge in [0, 0.05) is 43.6 Å². The average Bonchev–Trinajstić information content (AvgIpc) is 2.91. The van der Waals surface area contributed by atoms with E-state index in [0.717, 1.165) is 75.0 Å². The molecule has 2 aromatic heterocycles. The first-order valence-electron chi connectivity index (χ1n) is 13.8. The van der Waals surface area contributed by atoms with Gasteiger partial charge >= 0.3 is 5.97 Å². The average molecular weight is 491 g/mol. The van der Waals surface area contributed by atoms with Crippen LogP contribution in [0.5, 0.6) is 0 Å². The van der Waals surface area contributed by atoms with Gasteiger partial charge < -0.3 is 15.3 Å². The van der Waals surface area contributed by atoms with Gasteiger partial charge in [-0.15, -0.1) is 0 Å². The Morgan fingerprint density at radius 3 is 2.72 bits per heavy atom. The Labute approximate surface area is 213 Å². The van der Waals surface area contributed by atoms with Crippen molar-refractivity contribution < 1.29 is 14.7 Å². The molecule has 3 aliphatic rings. The lowest BCUT2D eigenvalue weighted by atomic mass is 9.77. The first-order chi connectivity index (χ1) is 17.6.